The lowest BCUT2D eigenvalue weighted by Crippen LogP contribution is -2.15. The number of hydrogen-bond donors (Lipinski definition) is 2. The van der Waals surface area contributed by atoms with Crippen LogP contribution in [0.1, 0.15) is 5.56 Å². The number of nitrogens with two attached hydrogens (primary N) is 1. The Morgan fingerprint density at radius 1 is 1.24 bits per heavy atom. The summed E-state index contributed by atoms with van der Waals surface area (Å²) in [6.45, 7) is 0. The van der Waals surface area contributed by atoms with Crippen LogP contribution in [0.4, 0.5) is 22.7 Å². The van der Waals surface area contributed by atoms with Crippen LogP contribution in [0, 0.1) is 21.4 Å². The number of para-hydroxylation sites is 2. The third kappa shape index (κ3) is 2.61. The monoisotopic (exact) mass is 283 g/mol. The molecule has 0 bridgehead atoms. The smallest absolute Gasteiger partial charge is 0.317 e. The minimum Gasteiger partial charge on any atom is -0.338 e. The van der Waals surface area contributed by atoms with E-state index in [1.54, 1.807) is 48.3 Å². The Kier molecular flexibility index (Phi) is 4.02. The van der Waals surface area contributed by atoms with Gasteiger partial charge in [-0.05, 0) is 24.3 Å². The van der Waals surface area contributed by atoms with Crippen LogP contribution < -0.4 is 16.2 Å². The van der Waals surface area contributed by atoms with E-state index >= 15 is 0 Å². The molecule has 0 aliphatic rings. The third-order valence-electron chi connectivity index (χ3n) is 3.10. The summed E-state index contributed by atoms with van der Waals surface area (Å²) in [4.78, 5) is 12.4. The van der Waals surface area contributed by atoms with E-state index in [4.69, 9.17) is 11.1 Å². The highest BCUT2D eigenvalue weighted by Gasteiger charge is 2.23. The van der Waals surface area contributed by atoms with Crippen molar-refractivity contribution >= 4 is 22.7 Å². The van der Waals surface area contributed by atoms with Crippen molar-refractivity contribution in [1.29, 1.82) is 5.26 Å². The van der Waals surface area contributed by atoms with Crippen LogP contribution in [0.3, 0.4) is 0 Å². The van der Waals surface area contributed by atoms with Gasteiger partial charge < -0.3 is 10.3 Å². The number of nitrogens with one attached hydrogen (secondary N) is 1. The van der Waals surface area contributed by atoms with E-state index in [1.165, 1.54) is 6.07 Å². The molecule has 0 spiro atoms. The van der Waals surface area contributed by atoms with Gasteiger partial charge in [0, 0.05) is 7.05 Å². The summed E-state index contributed by atoms with van der Waals surface area (Å²) in [6.07, 6.45) is 0. The molecule has 0 unspecified atom stereocenters. The second-order valence-electron chi connectivity index (χ2n) is 4.26. The van der Waals surface area contributed by atoms with Crippen LogP contribution in [-0.2, 0) is 0 Å². The summed E-state index contributed by atoms with van der Waals surface area (Å²) in [7, 11) is 1.67. The molecule has 0 amide bonds. The molecular weight excluding hydrogens is 270 g/mol. The average molecular weight is 283 g/mol. The summed E-state index contributed by atoms with van der Waals surface area (Å²) in [5.74, 6) is 5.33. The van der Waals surface area contributed by atoms with Crippen molar-refractivity contribution in [2.45, 2.75) is 0 Å². The van der Waals surface area contributed by atoms with Crippen molar-refractivity contribution in [1.82, 2.24) is 0 Å². The topological polar surface area (TPSA) is 108 Å². The van der Waals surface area contributed by atoms with Crippen molar-refractivity contribution in [2.75, 3.05) is 17.4 Å². The molecule has 0 atom stereocenters. The molecule has 7 heteroatoms. The lowest BCUT2D eigenvalue weighted by molar-refractivity contribution is -0.383. The van der Waals surface area contributed by atoms with Crippen molar-refractivity contribution < 1.29 is 4.92 Å². The molecule has 21 heavy (non-hydrogen) atoms. The Morgan fingerprint density at radius 3 is 2.52 bits per heavy atom. The van der Waals surface area contributed by atoms with Gasteiger partial charge in [-0.15, -0.1) is 0 Å². The Balaban J connectivity index is 2.61. The van der Waals surface area contributed by atoms with Gasteiger partial charge in [-0.1, -0.05) is 18.2 Å². The van der Waals surface area contributed by atoms with Gasteiger partial charge in [-0.2, -0.15) is 5.26 Å². The van der Waals surface area contributed by atoms with Gasteiger partial charge in [0.05, 0.1) is 16.2 Å². The summed E-state index contributed by atoms with van der Waals surface area (Å²) in [5.41, 5.74) is 3.74. The van der Waals surface area contributed by atoms with Crippen molar-refractivity contribution in [3.63, 3.8) is 0 Å². The molecule has 0 saturated heterocycles. The van der Waals surface area contributed by atoms with Gasteiger partial charge in [-0.25, -0.2) is 0 Å². The normalized spacial score (nSPS) is 9.76. The standard InChI is InChI=1S/C14H13N5O2/c1-18(12-7-3-2-5-10(12)9-15)13-8-4-6-11(17-16)14(13)19(20)21/h2-8,17H,16H2,1H3. The van der Waals surface area contributed by atoms with Gasteiger partial charge in [0.2, 0.25) is 0 Å². The SMILES string of the molecule is CN(c1ccccc1C#N)c1cccc(NN)c1[N+](=O)[O-]. The molecule has 3 N–H and O–H groups in total. The van der Waals surface area contributed by atoms with E-state index in [0.29, 0.717) is 16.9 Å². The molecule has 0 aliphatic heterocycles. The Hall–Kier alpha value is -3.11. The second kappa shape index (κ2) is 5.90. The summed E-state index contributed by atoms with van der Waals surface area (Å²) in [5, 5.41) is 20.5. The van der Waals surface area contributed by atoms with E-state index in [2.05, 4.69) is 11.5 Å². The molecule has 2 rings (SSSR count). The van der Waals surface area contributed by atoms with Gasteiger partial charge in [0.15, 0.2) is 0 Å². The van der Waals surface area contributed by atoms with Gasteiger partial charge in [0.1, 0.15) is 17.4 Å². The average Bonchev–Trinajstić information content (AvgIpc) is 2.53. The van der Waals surface area contributed by atoms with Crippen LogP contribution >= 0.6 is 0 Å². The highest BCUT2D eigenvalue weighted by Crippen LogP contribution is 2.38. The molecule has 0 saturated carbocycles. The number of nitro groups is 1. The maximum absolute atomic E-state index is 11.3. The maximum atomic E-state index is 11.3. The summed E-state index contributed by atoms with van der Waals surface area (Å²) in [6, 6.07) is 13.7. The van der Waals surface area contributed by atoms with Crippen LogP contribution in [0.15, 0.2) is 42.5 Å². The first-order valence-corrected chi connectivity index (χ1v) is 6.07. The first kappa shape index (κ1) is 14.3. The molecule has 106 valence electrons. The molecule has 2 aromatic carbocycles. The van der Waals surface area contributed by atoms with Gasteiger partial charge in [0.25, 0.3) is 0 Å². The van der Waals surface area contributed by atoms with Crippen LogP contribution in [-0.4, -0.2) is 12.0 Å². The zero-order chi connectivity index (χ0) is 15.4. The summed E-state index contributed by atoms with van der Waals surface area (Å²) >= 11 is 0. The van der Waals surface area contributed by atoms with E-state index in [1.807, 2.05) is 0 Å². The quantitative estimate of drug-likeness (QED) is 0.507. The fourth-order valence-electron chi connectivity index (χ4n) is 2.10. The molecule has 2 aromatic rings. The molecule has 0 heterocycles. The molecule has 7 nitrogen and oxygen atoms in total. The minimum atomic E-state index is -0.504. The predicted octanol–water partition coefficient (Wildman–Crippen LogP) is 2.52. The number of nitriles is 1. The van der Waals surface area contributed by atoms with Crippen molar-refractivity contribution in [3.05, 3.63) is 58.1 Å². The second-order valence-corrected chi connectivity index (χ2v) is 4.26. The van der Waals surface area contributed by atoms with E-state index in [-0.39, 0.29) is 11.4 Å². The molecular formula is C14H13N5O2. The highest BCUT2D eigenvalue weighted by atomic mass is 16.6. The molecule has 0 aliphatic carbocycles. The third-order valence-corrected chi connectivity index (χ3v) is 3.10. The zero-order valence-electron chi connectivity index (χ0n) is 11.3. The zero-order valence-corrected chi connectivity index (χ0v) is 11.3. The number of benzene rings is 2. The Bertz CT molecular complexity index is 724. The lowest BCUT2D eigenvalue weighted by Gasteiger charge is -2.21. The minimum absolute atomic E-state index is 0.143. The first-order valence-electron chi connectivity index (χ1n) is 6.07. The van der Waals surface area contributed by atoms with Crippen LogP contribution in [0.5, 0.6) is 0 Å². The van der Waals surface area contributed by atoms with Crippen LogP contribution in [0.25, 0.3) is 0 Å². The molecule has 0 aromatic heterocycles. The van der Waals surface area contributed by atoms with E-state index < -0.39 is 4.92 Å². The van der Waals surface area contributed by atoms with Crippen LogP contribution in [0.2, 0.25) is 0 Å². The largest absolute Gasteiger partial charge is 0.338 e. The number of nitro benzene ring substituents is 1. The van der Waals surface area contributed by atoms with Crippen molar-refractivity contribution in [2.24, 2.45) is 5.84 Å². The van der Waals surface area contributed by atoms with Crippen molar-refractivity contribution in [3.8, 4) is 6.07 Å². The fourth-order valence-corrected chi connectivity index (χ4v) is 2.10. The number of hydrazine groups is 1. The fraction of sp³-hybridized carbons (Fsp3) is 0.0714. The van der Waals surface area contributed by atoms with E-state index in [9.17, 15) is 10.1 Å². The Morgan fingerprint density at radius 2 is 1.90 bits per heavy atom. The number of hydrogen-bond acceptors (Lipinski definition) is 6. The Labute approximate surface area is 121 Å². The molecule has 0 radical (unpaired) electrons. The number of nitrogen functional groups attached to an aromatic ring is 1. The predicted molar refractivity (Wildman–Crippen MR) is 80.1 cm³/mol. The maximum Gasteiger partial charge on any atom is 0.317 e. The molecule has 0 fully saturated rings. The van der Waals surface area contributed by atoms with Gasteiger partial charge in [-0.3, -0.25) is 16.0 Å². The number of rotatable bonds is 4. The number of anilines is 3. The van der Waals surface area contributed by atoms with Gasteiger partial charge >= 0.3 is 5.69 Å². The first-order chi connectivity index (χ1) is 10.1. The lowest BCUT2D eigenvalue weighted by atomic mass is 10.1. The van der Waals surface area contributed by atoms with E-state index in [0.717, 1.165) is 0 Å². The highest BCUT2D eigenvalue weighted by molar-refractivity contribution is 5.82. The summed E-state index contributed by atoms with van der Waals surface area (Å²) < 4.78 is 0. The number of nitrogens with zero attached hydrogens (tertiary/aromatic N) is 3.